The monoisotopic (exact) mass is 155 g/mol. The fraction of sp³-hybridized carbons (Fsp3) is 0.700. The van der Waals surface area contributed by atoms with E-state index in [4.69, 9.17) is 5.11 Å². The van der Waals surface area contributed by atoms with Gasteiger partial charge in [0.15, 0.2) is 0 Å². The Kier molecular flexibility index (Phi) is 9.92. The molecule has 0 spiro atoms. The maximum atomic E-state index is 9.13. The SMILES string of the molecule is O[C]1CCCCCCC1.[CH2].[CH2]. The van der Waals surface area contributed by atoms with Crippen LogP contribution in [0.2, 0.25) is 0 Å². The van der Waals surface area contributed by atoms with E-state index in [0.717, 1.165) is 18.9 Å². The lowest BCUT2D eigenvalue weighted by Crippen LogP contribution is -1.98. The summed E-state index contributed by atoms with van der Waals surface area (Å²) in [6.45, 7) is 0. The quantitative estimate of drug-likeness (QED) is 0.569. The molecule has 5 radical (unpaired) electrons. The van der Waals surface area contributed by atoms with E-state index in [2.05, 4.69) is 0 Å². The zero-order valence-electron chi connectivity index (χ0n) is 7.31. The molecule has 1 saturated carbocycles. The number of aliphatic hydroxyl groups is 1. The van der Waals surface area contributed by atoms with Gasteiger partial charge in [0.1, 0.15) is 0 Å². The first-order chi connectivity index (χ1) is 4.39. The molecule has 1 aliphatic carbocycles. The average Bonchev–Trinajstić information content (AvgIpc) is 1.79. The molecule has 65 valence electrons. The molecule has 0 amide bonds. The van der Waals surface area contributed by atoms with E-state index >= 15 is 0 Å². The Morgan fingerprint density at radius 1 is 0.727 bits per heavy atom. The first-order valence-corrected chi connectivity index (χ1v) is 3.93. The minimum Gasteiger partial charge on any atom is -0.387 e. The maximum absolute atomic E-state index is 9.13. The molecule has 0 aliphatic heterocycles. The molecule has 0 aromatic rings. The predicted octanol–water partition coefficient (Wildman–Crippen LogP) is 3.29. The normalized spacial score (nSPS) is 20.5. The molecule has 1 aliphatic rings. The average molecular weight is 155 g/mol. The van der Waals surface area contributed by atoms with E-state index in [1.165, 1.54) is 32.1 Å². The van der Waals surface area contributed by atoms with Crippen LogP contribution in [0.25, 0.3) is 0 Å². The minimum absolute atomic E-state index is 0. The second kappa shape index (κ2) is 8.06. The first-order valence-electron chi connectivity index (χ1n) is 3.93. The van der Waals surface area contributed by atoms with E-state index in [9.17, 15) is 0 Å². The Morgan fingerprint density at radius 3 is 1.55 bits per heavy atom. The first kappa shape index (κ1) is 13.5. The van der Waals surface area contributed by atoms with Crippen molar-refractivity contribution in [3.8, 4) is 0 Å². The lowest BCUT2D eigenvalue weighted by Gasteiger charge is -2.12. The van der Waals surface area contributed by atoms with Crippen molar-refractivity contribution < 1.29 is 5.11 Å². The number of hydrogen-bond donors (Lipinski definition) is 1. The van der Waals surface area contributed by atoms with Gasteiger partial charge in [0.25, 0.3) is 0 Å². The summed E-state index contributed by atoms with van der Waals surface area (Å²) in [6, 6.07) is 0. The van der Waals surface area contributed by atoms with E-state index in [1.807, 2.05) is 0 Å². The van der Waals surface area contributed by atoms with E-state index in [1.54, 1.807) is 0 Å². The summed E-state index contributed by atoms with van der Waals surface area (Å²) in [5.41, 5.74) is 0. The van der Waals surface area contributed by atoms with Crippen molar-refractivity contribution in [3.05, 3.63) is 21.0 Å². The van der Waals surface area contributed by atoms with Crippen LogP contribution in [-0.2, 0) is 0 Å². The lowest BCUT2D eigenvalue weighted by molar-refractivity contribution is 0.250. The van der Waals surface area contributed by atoms with Gasteiger partial charge < -0.3 is 5.11 Å². The molecule has 0 aromatic heterocycles. The lowest BCUT2D eigenvalue weighted by atomic mass is 9.99. The van der Waals surface area contributed by atoms with Crippen molar-refractivity contribution in [1.82, 2.24) is 0 Å². The molecule has 1 nitrogen and oxygen atoms in total. The predicted molar refractivity (Wildman–Crippen MR) is 48.2 cm³/mol. The van der Waals surface area contributed by atoms with Gasteiger partial charge in [-0.1, -0.05) is 47.0 Å². The van der Waals surface area contributed by atoms with Crippen molar-refractivity contribution in [2.24, 2.45) is 0 Å². The summed E-state index contributed by atoms with van der Waals surface area (Å²) >= 11 is 0. The van der Waals surface area contributed by atoms with E-state index in [0.29, 0.717) is 0 Å². The highest BCUT2D eigenvalue weighted by atomic mass is 16.3. The van der Waals surface area contributed by atoms with Gasteiger partial charge in [0.05, 0.1) is 6.10 Å². The van der Waals surface area contributed by atoms with Crippen molar-refractivity contribution in [2.45, 2.75) is 44.9 Å². The fourth-order valence-corrected chi connectivity index (χ4v) is 1.31. The summed E-state index contributed by atoms with van der Waals surface area (Å²) in [5, 5.41) is 9.13. The van der Waals surface area contributed by atoms with Gasteiger partial charge in [-0.05, 0) is 12.8 Å². The van der Waals surface area contributed by atoms with Gasteiger partial charge in [-0.25, -0.2) is 0 Å². The summed E-state index contributed by atoms with van der Waals surface area (Å²) in [7, 11) is 0. The Morgan fingerprint density at radius 2 is 1.09 bits per heavy atom. The summed E-state index contributed by atoms with van der Waals surface area (Å²) in [5.74, 6) is 0. The standard InChI is InChI=1S/C8H15O.2CH2/c9-8-6-4-2-1-3-5-7-8;;/h9H,1-7H2;2*1H2. The topological polar surface area (TPSA) is 20.2 Å². The zero-order valence-corrected chi connectivity index (χ0v) is 7.31. The zero-order chi connectivity index (χ0) is 6.53. The van der Waals surface area contributed by atoms with Gasteiger partial charge in [0, 0.05) is 0 Å². The van der Waals surface area contributed by atoms with Crippen LogP contribution < -0.4 is 0 Å². The molecule has 0 atom stereocenters. The molecular weight excluding hydrogens is 136 g/mol. The molecule has 0 bridgehead atoms. The number of aliphatic hydroxyl groups excluding tert-OH is 1. The van der Waals surface area contributed by atoms with Gasteiger partial charge in [-0.15, -0.1) is 0 Å². The molecule has 0 unspecified atom stereocenters. The summed E-state index contributed by atoms with van der Waals surface area (Å²) < 4.78 is 0. The van der Waals surface area contributed by atoms with Crippen LogP contribution >= 0.6 is 0 Å². The minimum atomic E-state index is 0. The molecule has 0 aromatic carbocycles. The van der Waals surface area contributed by atoms with Crippen molar-refractivity contribution in [1.29, 1.82) is 0 Å². The number of rotatable bonds is 0. The molecule has 11 heavy (non-hydrogen) atoms. The largest absolute Gasteiger partial charge is 0.387 e. The smallest absolute Gasteiger partial charge is 0.0933 e. The van der Waals surface area contributed by atoms with Crippen LogP contribution in [0.3, 0.4) is 0 Å². The van der Waals surface area contributed by atoms with Crippen LogP contribution in [0.15, 0.2) is 0 Å². The van der Waals surface area contributed by atoms with Crippen LogP contribution in [-0.4, -0.2) is 5.11 Å². The second-order valence-corrected chi connectivity index (χ2v) is 2.83. The Hall–Kier alpha value is -0.0400. The van der Waals surface area contributed by atoms with Crippen molar-refractivity contribution in [2.75, 3.05) is 0 Å². The van der Waals surface area contributed by atoms with Gasteiger partial charge in [-0.3, -0.25) is 0 Å². The van der Waals surface area contributed by atoms with E-state index in [-0.39, 0.29) is 14.9 Å². The molecule has 1 heteroatoms. The molecule has 0 saturated heterocycles. The summed E-state index contributed by atoms with van der Waals surface area (Å²) in [6.07, 6.45) is 9.04. The Balaban J connectivity index is 0. The highest BCUT2D eigenvalue weighted by Gasteiger charge is 2.07. The van der Waals surface area contributed by atoms with Crippen molar-refractivity contribution >= 4 is 0 Å². The van der Waals surface area contributed by atoms with Gasteiger partial charge in [0.2, 0.25) is 0 Å². The third-order valence-corrected chi connectivity index (χ3v) is 1.93. The van der Waals surface area contributed by atoms with Crippen LogP contribution in [0, 0.1) is 21.0 Å². The Labute approximate surface area is 71.8 Å². The molecule has 1 N–H and O–H groups in total. The second-order valence-electron chi connectivity index (χ2n) is 2.83. The van der Waals surface area contributed by atoms with Crippen molar-refractivity contribution in [3.63, 3.8) is 0 Å². The van der Waals surface area contributed by atoms with Crippen LogP contribution in [0.5, 0.6) is 0 Å². The molecular formula is C10H19O. The number of hydrogen-bond acceptors (Lipinski definition) is 1. The molecule has 0 heterocycles. The highest BCUT2D eigenvalue weighted by Crippen LogP contribution is 2.20. The van der Waals surface area contributed by atoms with Crippen LogP contribution in [0.1, 0.15) is 44.9 Å². The third-order valence-electron chi connectivity index (χ3n) is 1.93. The molecule has 1 fully saturated rings. The van der Waals surface area contributed by atoms with E-state index < -0.39 is 0 Å². The van der Waals surface area contributed by atoms with Gasteiger partial charge in [-0.2, -0.15) is 0 Å². The van der Waals surface area contributed by atoms with Gasteiger partial charge >= 0.3 is 0 Å². The third kappa shape index (κ3) is 6.36. The molecule has 1 rings (SSSR count). The highest BCUT2D eigenvalue weighted by molar-refractivity contribution is 4.76. The summed E-state index contributed by atoms with van der Waals surface area (Å²) in [4.78, 5) is 0. The van der Waals surface area contributed by atoms with Crippen LogP contribution in [0.4, 0.5) is 0 Å². The Bertz CT molecular complexity index is 63.3. The maximum Gasteiger partial charge on any atom is 0.0933 e. The fourth-order valence-electron chi connectivity index (χ4n) is 1.31.